The molecule has 1 saturated heterocycles. The number of nitrogens with zero attached hydrogens (tertiary/aromatic N) is 1. The number of nitrogens with one attached hydrogen (secondary N) is 1. The van der Waals surface area contributed by atoms with E-state index in [2.05, 4.69) is 44.4 Å². The second-order valence-corrected chi connectivity index (χ2v) is 9.48. The van der Waals surface area contributed by atoms with E-state index in [1.807, 2.05) is 25.7 Å². The number of carbonyl (C=O) groups is 2. The van der Waals surface area contributed by atoms with E-state index in [0.717, 1.165) is 38.0 Å². The average molecular weight is 405 g/mol. The van der Waals surface area contributed by atoms with Crippen LogP contribution in [0.25, 0.3) is 0 Å². The summed E-state index contributed by atoms with van der Waals surface area (Å²) in [4.78, 5) is 26.3. The van der Waals surface area contributed by atoms with E-state index in [-0.39, 0.29) is 29.4 Å². The highest BCUT2D eigenvalue weighted by Crippen LogP contribution is 2.38. The SMILES string of the molecule is CC(C)(C)OC(=O)NCCCCCN1C(=O)[C@H](CS)C[C@@H]1C(C)(C)CS. The van der Waals surface area contributed by atoms with Crippen LogP contribution in [-0.4, -0.2) is 53.1 Å². The third kappa shape index (κ3) is 7.22. The first kappa shape index (κ1) is 23.5. The van der Waals surface area contributed by atoms with Gasteiger partial charge >= 0.3 is 6.09 Å². The van der Waals surface area contributed by atoms with Crippen molar-refractivity contribution < 1.29 is 14.3 Å². The Morgan fingerprint density at radius 1 is 1.19 bits per heavy atom. The van der Waals surface area contributed by atoms with Crippen LogP contribution in [0, 0.1) is 11.3 Å². The molecule has 0 unspecified atom stereocenters. The zero-order valence-electron chi connectivity index (χ0n) is 16.9. The zero-order chi connectivity index (χ0) is 20.0. The maximum atomic E-state index is 12.6. The lowest BCUT2D eigenvalue weighted by Gasteiger charge is -2.37. The summed E-state index contributed by atoms with van der Waals surface area (Å²) in [5.74, 6) is 1.61. The molecule has 1 rings (SSSR count). The summed E-state index contributed by atoms with van der Waals surface area (Å²) in [5.41, 5.74) is -0.479. The molecule has 0 bridgehead atoms. The first-order chi connectivity index (χ1) is 12.0. The Kier molecular flexibility index (Phi) is 9.13. The summed E-state index contributed by atoms with van der Waals surface area (Å²) in [6, 6.07) is 0.226. The Morgan fingerprint density at radius 3 is 2.38 bits per heavy atom. The fourth-order valence-electron chi connectivity index (χ4n) is 3.24. The lowest BCUT2D eigenvalue weighted by molar-refractivity contribution is -0.132. The second-order valence-electron chi connectivity index (χ2n) is 8.80. The van der Waals surface area contributed by atoms with Crippen LogP contribution >= 0.6 is 25.3 Å². The van der Waals surface area contributed by atoms with Crippen molar-refractivity contribution in [2.24, 2.45) is 11.3 Å². The van der Waals surface area contributed by atoms with Crippen LogP contribution in [0.4, 0.5) is 4.79 Å². The Morgan fingerprint density at radius 2 is 1.85 bits per heavy atom. The van der Waals surface area contributed by atoms with Gasteiger partial charge in [0, 0.05) is 30.8 Å². The van der Waals surface area contributed by atoms with Gasteiger partial charge in [-0.25, -0.2) is 4.79 Å². The maximum absolute atomic E-state index is 12.6. The molecular weight excluding hydrogens is 368 g/mol. The number of amides is 2. The van der Waals surface area contributed by atoms with Crippen LogP contribution in [-0.2, 0) is 9.53 Å². The molecule has 0 radical (unpaired) electrons. The smallest absolute Gasteiger partial charge is 0.407 e. The Hall–Kier alpha value is -0.560. The monoisotopic (exact) mass is 404 g/mol. The van der Waals surface area contributed by atoms with E-state index in [9.17, 15) is 9.59 Å². The zero-order valence-corrected chi connectivity index (χ0v) is 18.7. The summed E-state index contributed by atoms with van der Waals surface area (Å²) in [6.45, 7) is 11.2. The highest BCUT2D eigenvalue weighted by Gasteiger charge is 2.44. The summed E-state index contributed by atoms with van der Waals surface area (Å²) in [6.07, 6.45) is 3.26. The van der Waals surface area contributed by atoms with Crippen molar-refractivity contribution in [3.05, 3.63) is 0 Å². The molecule has 26 heavy (non-hydrogen) atoms. The van der Waals surface area contributed by atoms with E-state index < -0.39 is 5.60 Å². The first-order valence-corrected chi connectivity index (χ1v) is 10.8. The predicted molar refractivity (Wildman–Crippen MR) is 113 cm³/mol. The van der Waals surface area contributed by atoms with Crippen molar-refractivity contribution >= 4 is 37.3 Å². The lowest BCUT2D eigenvalue weighted by Crippen LogP contribution is -2.44. The maximum Gasteiger partial charge on any atom is 0.407 e. The minimum absolute atomic E-state index is 0.00522. The molecule has 152 valence electrons. The van der Waals surface area contributed by atoms with Crippen LogP contribution < -0.4 is 5.32 Å². The van der Waals surface area contributed by atoms with E-state index in [1.54, 1.807) is 0 Å². The number of alkyl carbamates (subject to hydrolysis) is 1. The van der Waals surface area contributed by atoms with Crippen molar-refractivity contribution in [1.29, 1.82) is 0 Å². The lowest BCUT2D eigenvalue weighted by atomic mass is 9.83. The number of hydrogen-bond donors (Lipinski definition) is 3. The van der Waals surface area contributed by atoms with Crippen LogP contribution in [0.2, 0.25) is 0 Å². The number of carbonyl (C=O) groups excluding carboxylic acids is 2. The van der Waals surface area contributed by atoms with Crippen molar-refractivity contribution in [3.63, 3.8) is 0 Å². The second kappa shape index (κ2) is 10.1. The molecule has 1 heterocycles. The molecule has 5 nitrogen and oxygen atoms in total. The number of ether oxygens (including phenoxy) is 1. The van der Waals surface area contributed by atoms with E-state index >= 15 is 0 Å². The molecule has 7 heteroatoms. The molecule has 1 aliphatic rings. The minimum Gasteiger partial charge on any atom is -0.444 e. The molecule has 0 aliphatic carbocycles. The van der Waals surface area contributed by atoms with Gasteiger partial charge < -0.3 is 15.0 Å². The fraction of sp³-hybridized carbons (Fsp3) is 0.895. The van der Waals surface area contributed by atoms with Crippen LogP contribution in [0.15, 0.2) is 0 Å². The topological polar surface area (TPSA) is 58.6 Å². The largest absolute Gasteiger partial charge is 0.444 e. The van der Waals surface area contributed by atoms with E-state index in [0.29, 0.717) is 12.3 Å². The average Bonchev–Trinajstić information content (AvgIpc) is 2.86. The van der Waals surface area contributed by atoms with E-state index in [4.69, 9.17) is 4.74 Å². The van der Waals surface area contributed by atoms with Crippen molar-refractivity contribution in [1.82, 2.24) is 10.2 Å². The first-order valence-electron chi connectivity index (χ1n) is 9.51. The molecule has 0 spiro atoms. The third-order valence-electron chi connectivity index (χ3n) is 4.79. The number of hydrogen-bond acceptors (Lipinski definition) is 5. The quantitative estimate of drug-likeness (QED) is 0.405. The Labute approximate surface area is 169 Å². The Bertz CT molecular complexity index is 478. The number of unbranched alkanes of at least 4 members (excludes halogenated alkanes) is 2. The number of thiol groups is 2. The molecular formula is C19H36N2O3S2. The van der Waals surface area contributed by atoms with E-state index in [1.165, 1.54) is 0 Å². The molecule has 2 atom stereocenters. The van der Waals surface area contributed by atoms with Gasteiger partial charge in [-0.05, 0) is 57.6 Å². The summed E-state index contributed by atoms with van der Waals surface area (Å²) in [7, 11) is 0. The van der Waals surface area contributed by atoms with Gasteiger partial charge in [0.1, 0.15) is 5.60 Å². The summed E-state index contributed by atoms with van der Waals surface area (Å²) < 4.78 is 5.21. The summed E-state index contributed by atoms with van der Waals surface area (Å²) in [5, 5.41) is 2.77. The van der Waals surface area contributed by atoms with Gasteiger partial charge in [-0.15, -0.1) is 0 Å². The van der Waals surface area contributed by atoms with Gasteiger partial charge in [-0.1, -0.05) is 13.8 Å². The van der Waals surface area contributed by atoms with Gasteiger partial charge in [0.05, 0.1) is 0 Å². The van der Waals surface area contributed by atoms with Gasteiger partial charge in [0.25, 0.3) is 0 Å². The van der Waals surface area contributed by atoms with Gasteiger partial charge in [0.2, 0.25) is 5.91 Å². The van der Waals surface area contributed by atoms with Gasteiger partial charge in [-0.2, -0.15) is 25.3 Å². The summed E-state index contributed by atoms with van der Waals surface area (Å²) >= 11 is 8.83. The normalized spacial score (nSPS) is 21.2. The van der Waals surface area contributed by atoms with Crippen LogP contribution in [0.5, 0.6) is 0 Å². The van der Waals surface area contributed by atoms with Gasteiger partial charge in [-0.3, -0.25) is 4.79 Å². The molecule has 0 aromatic carbocycles. The van der Waals surface area contributed by atoms with Gasteiger partial charge in [0.15, 0.2) is 0 Å². The molecule has 1 fully saturated rings. The van der Waals surface area contributed by atoms with Crippen molar-refractivity contribution in [3.8, 4) is 0 Å². The minimum atomic E-state index is -0.474. The third-order valence-corrected chi connectivity index (χ3v) is 6.05. The standard InChI is InChI=1S/C19H36N2O3S2/c1-18(2,3)24-17(23)20-9-7-6-8-10-21-15(19(4,5)13-26)11-14(12-25)16(21)22/h14-15,25-26H,6-13H2,1-5H3,(H,20,23)/t14-,15+/m0/s1. The molecule has 0 saturated carbocycles. The molecule has 1 aliphatic heterocycles. The highest BCUT2D eigenvalue weighted by molar-refractivity contribution is 7.80. The van der Waals surface area contributed by atoms with Crippen molar-refractivity contribution in [2.45, 2.75) is 71.9 Å². The Balaban J connectivity index is 2.38. The molecule has 2 amide bonds. The number of rotatable bonds is 9. The van der Waals surface area contributed by atoms with Crippen LogP contribution in [0.1, 0.15) is 60.3 Å². The molecule has 0 aromatic heterocycles. The predicted octanol–water partition coefficient (Wildman–Crippen LogP) is 3.78. The molecule has 0 aromatic rings. The molecule has 1 N–H and O–H groups in total. The highest BCUT2D eigenvalue weighted by atomic mass is 32.1. The van der Waals surface area contributed by atoms with Crippen molar-refractivity contribution in [2.75, 3.05) is 24.6 Å². The number of likely N-dealkylation sites (tertiary alicyclic amines) is 1. The fourth-order valence-corrected chi connectivity index (χ4v) is 3.76. The van der Waals surface area contributed by atoms with Crippen LogP contribution in [0.3, 0.4) is 0 Å².